The summed E-state index contributed by atoms with van der Waals surface area (Å²) >= 11 is 0. The summed E-state index contributed by atoms with van der Waals surface area (Å²) in [6, 6.07) is 0.143. The molecule has 2 rings (SSSR count). The van der Waals surface area contributed by atoms with Crippen molar-refractivity contribution in [3.8, 4) is 0 Å². The first-order valence-electron chi connectivity index (χ1n) is 6.72. The van der Waals surface area contributed by atoms with Gasteiger partial charge in [0.25, 0.3) is 0 Å². The van der Waals surface area contributed by atoms with Crippen molar-refractivity contribution in [2.75, 3.05) is 13.1 Å². The maximum atomic E-state index is 12.2. The molecule has 2 fully saturated rings. The van der Waals surface area contributed by atoms with Crippen LogP contribution in [0.3, 0.4) is 0 Å². The highest BCUT2D eigenvalue weighted by atomic mass is 32.2. The average molecular weight is 260 g/mol. The third-order valence-electron chi connectivity index (χ3n) is 4.48. The first-order valence-corrected chi connectivity index (χ1v) is 8.27. The zero-order chi connectivity index (χ0) is 12.5. The second-order valence-electron chi connectivity index (χ2n) is 5.65. The van der Waals surface area contributed by atoms with Crippen LogP contribution in [0.25, 0.3) is 0 Å². The van der Waals surface area contributed by atoms with Crippen LogP contribution >= 0.6 is 0 Å². The van der Waals surface area contributed by atoms with Gasteiger partial charge in [0, 0.05) is 12.6 Å². The Hall–Kier alpha value is -0.130. The molecule has 100 valence electrons. The second kappa shape index (κ2) is 5.24. The van der Waals surface area contributed by atoms with Crippen LogP contribution in [-0.4, -0.2) is 32.8 Å². The van der Waals surface area contributed by atoms with E-state index in [1.807, 2.05) is 0 Å². The summed E-state index contributed by atoms with van der Waals surface area (Å²) in [5.41, 5.74) is 0. The van der Waals surface area contributed by atoms with Crippen molar-refractivity contribution < 1.29 is 8.42 Å². The fourth-order valence-corrected chi connectivity index (χ4v) is 4.66. The zero-order valence-corrected chi connectivity index (χ0v) is 11.6. The van der Waals surface area contributed by atoms with Gasteiger partial charge in [-0.1, -0.05) is 26.7 Å². The van der Waals surface area contributed by atoms with Crippen molar-refractivity contribution >= 4 is 10.0 Å². The average Bonchev–Trinajstić information content (AvgIpc) is 2.78. The Morgan fingerprint density at radius 1 is 1.18 bits per heavy atom. The Kier molecular flexibility index (Phi) is 4.10. The maximum absolute atomic E-state index is 12.2. The minimum atomic E-state index is -3.13. The maximum Gasteiger partial charge on any atom is 0.216 e. The molecule has 4 nitrogen and oxygen atoms in total. The van der Waals surface area contributed by atoms with Crippen LogP contribution in [0.4, 0.5) is 0 Å². The van der Waals surface area contributed by atoms with Crippen LogP contribution in [-0.2, 0) is 10.0 Å². The van der Waals surface area contributed by atoms with Crippen LogP contribution in [0.5, 0.6) is 0 Å². The number of hydrogen-bond acceptors (Lipinski definition) is 3. The molecule has 2 aliphatic rings. The Morgan fingerprint density at radius 3 is 2.59 bits per heavy atom. The van der Waals surface area contributed by atoms with E-state index >= 15 is 0 Å². The van der Waals surface area contributed by atoms with Gasteiger partial charge in [0.1, 0.15) is 0 Å². The molecule has 1 saturated heterocycles. The molecule has 0 bridgehead atoms. The topological polar surface area (TPSA) is 58.2 Å². The van der Waals surface area contributed by atoms with E-state index in [0.717, 1.165) is 25.8 Å². The molecule has 0 radical (unpaired) electrons. The normalized spacial score (nSPS) is 39.4. The van der Waals surface area contributed by atoms with Crippen LogP contribution in [0, 0.1) is 11.8 Å². The highest BCUT2D eigenvalue weighted by Crippen LogP contribution is 2.30. The molecular formula is C12H24N2O2S. The molecular weight excluding hydrogens is 236 g/mol. The summed E-state index contributed by atoms with van der Waals surface area (Å²) in [4.78, 5) is 0. The summed E-state index contributed by atoms with van der Waals surface area (Å²) in [5.74, 6) is 1.08. The lowest BCUT2D eigenvalue weighted by Gasteiger charge is -2.34. The lowest BCUT2D eigenvalue weighted by Crippen LogP contribution is -2.47. The van der Waals surface area contributed by atoms with Crippen LogP contribution in [0.15, 0.2) is 0 Å². The standard InChI is InChI=1S/C12H24N2O2S/c1-9-4-3-5-12(10(9)2)14-17(15,16)11-6-7-13-8-11/h9-14H,3-8H2,1-2H3. The van der Waals surface area contributed by atoms with Gasteiger partial charge in [-0.3, -0.25) is 0 Å². The third kappa shape index (κ3) is 3.01. The first kappa shape index (κ1) is 13.3. The molecule has 4 atom stereocenters. The van der Waals surface area contributed by atoms with E-state index in [2.05, 4.69) is 23.9 Å². The fraction of sp³-hybridized carbons (Fsp3) is 1.00. The van der Waals surface area contributed by atoms with Gasteiger partial charge in [0.05, 0.1) is 5.25 Å². The summed E-state index contributed by atoms with van der Waals surface area (Å²) < 4.78 is 27.4. The molecule has 1 heterocycles. The minimum absolute atomic E-state index is 0.143. The smallest absolute Gasteiger partial charge is 0.216 e. The molecule has 0 aromatic heterocycles. The first-order chi connectivity index (χ1) is 8.00. The Labute approximate surface area is 105 Å². The second-order valence-corrected chi connectivity index (χ2v) is 7.64. The third-order valence-corrected chi connectivity index (χ3v) is 6.39. The Morgan fingerprint density at radius 2 is 1.94 bits per heavy atom. The van der Waals surface area contributed by atoms with Crippen molar-refractivity contribution in [3.05, 3.63) is 0 Å². The molecule has 4 unspecified atom stereocenters. The van der Waals surface area contributed by atoms with Crippen molar-refractivity contribution in [2.45, 2.75) is 50.8 Å². The quantitative estimate of drug-likeness (QED) is 0.799. The van der Waals surface area contributed by atoms with E-state index in [1.54, 1.807) is 0 Å². The van der Waals surface area contributed by atoms with Gasteiger partial charge in [-0.25, -0.2) is 13.1 Å². The van der Waals surface area contributed by atoms with Crippen LogP contribution in [0.1, 0.15) is 39.5 Å². The number of sulfonamides is 1. The van der Waals surface area contributed by atoms with Gasteiger partial charge in [-0.05, 0) is 31.2 Å². The van der Waals surface area contributed by atoms with Gasteiger partial charge in [-0.15, -0.1) is 0 Å². The number of hydrogen-bond donors (Lipinski definition) is 2. The lowest BCUT2D eigenvalue weighted by molar-refractivity contribution is 0.226. The molecule has 0 amide bonds. The highest BCUT2D eigenvalue weighted by Gasteiger charge is 2.34. The van der Waals surface area contributed by atoms with Gasteiger partial charge in [0.2, 0.25) is 10.0 Å². The molecule has 0 spiro atoms. The number of nitrogens with one attached hydrogen (secondary N) is 2. The molecule has 1 aliphatic carbocycles. The summed E-state index contributed by atoms with van der Waals surface area (Å²) in [7, 11) is -3.13. The van der Waals surface area contributed by atoms with Crippen LogP contribution in [0.2, 0.25) is 0 Å². The fourth-order valence-electron chi connectivity index (χ4n) is 2.95. The molecule has 17 heavy (non-hydrogen) atoms. The molecule has 0 aromatic carbocycles. The van der Waals surface area contributed by atoms with E-state index in [0.29, 0.717) is 18.4 Å². The monoisotopic (exact) mass is 260 g/mol. The van der Waals surface area contributed by atoms with E-state index in [9.17, 15) is 8.42 Å². The van der Waals surface area contributed by atoms with Crippen molar-refractivity contribution in [1.29, 1.82) is 0 Å². The molecule has 2 N–H and O–H groups in total. The predicted octanol–water partition coefficient (Wildman–Crippen LogP) is 1.09. The van der Waals surface area contributed by atoms with Gasteiger partial charge in [-0.2, -0.15) is 0 Å². The predicted molar refractivity (Wildman–Crippen MR) is 69.3 cm³/mol. The molecule has 1 saturated carbocycles. The van der Waals surface area contributed by atoms with Crippen molar-refractivity contribution in [2.24, 2.45) is 11.8 Å². The number of rotatable bonds is 3. The Balaban J connectivity index is 1.99. The van der Waals surface area contributed by atoms with E-state index in [1.165, 1.54) is 6.42 Å². The van der Waals surface area contributed by atoms with Crippen molar-refractivity contribution in [3.63, 3.8) is 0 Å². The summed E-state index contributed by atoms with van der Waals surface area (Å²) in [6.07, 6.45) is 4.10. The van der Waals surface area contributed by atoms with E-state index in [-0.39, 0.29) is 11.3 Å². The van der Waals surface area contributed by atoms with Gasteiger partial charge >= 0.3 is 0 Å². The minimum Gasteiger partial charge on any atom is -0.315 e. The van der Waals surface area contributed by atoms with Crippen molar-refractivity contribution in [1.82, 2.24) is 10.0 Å². The van der Waals surface area contributed by atoms with Gasteiger partial charge < -0.3 is 5.32 Å². The highest BCUT2D eigenvalue weighted by molar-refractivity contribution is 7.90. The summed E-state index contributed by atoms with van der Waals surface area (Å²) in [5, 5.41) is 2.89. The Bertz CT molecular complexity index is 350. The SMILES string of the molecule is CC1CCCC(NS(=O)(=O)C2CCNC2)C1C. The largest absolute Gasteiger partial charge is 0.315 e. The zero-order valence-electron chi connectivity index (χ0n) is 10.8. The van der Waals surface area contributed by atoms with Crippen LogP contribution < -0.4 is 10.0 Å². The van der Waals surface area contributed by atoms with Gasteiger partial charge in [0.15, 0.2) is 0 Å². The van der Waals surface area contributed by atoms with E-state index < -0.39 is 10.0 Å². The lowest BCUT2D eigenvalue weighted by atomic mass is 9.78. The van der Waals surface area contributed by atoms with E-state index in [4.69, 9.17) is 0 Å². The summed E-state index contributed by atoms with van der Waals surface area (Å²) in [6.45, 7) is 5.82. The molecule has 1 aliphatic heterocycles. The molecule has 0 aromatic rings. The molecule has 5 heteroatoms.